The molecule has 6 nitrogen and oxygen atoms in total. The summed E-state index contributed by atoms with van der Waals surface area (Å²) in [6.45, 7) is 1.88. The Bertz CT molecular complexity index is 990. The van der Waals surface area contributed by atoms with Crippen LogP contribution in [-0.4, -0.2) is 31.3 Å². The smallest absolute Gasteiger partial charge is 0.270 e. The SMILES string of the molecule is CC(c1ccc(S(N)(=O)=O)cc1)N(C)C(=O)c1cc2ccccc2[nH]1. The highest BCUT2D eigenvalue weighted by Crippen LogP contribution is 2.23. The number of amides is 1. The number of carbonyl (C=O) groups excluding carboxylic acids is 1. The first kappa shape index (κ1) is 17.2. The normalized spacial score (nSPS) is 12.9. The number of nitrogens with two attached hydrogens (primary N) is 1. The van der Waals surface area contributed by atoms with Crippen molar-refractivity contribution < 1.29 is 13.2 Å². The number of aromatic amines is 1. The molecule has 130 valence electrons. The minimum Gasteiger partial charge on any atom is -0.351 e. The topological polar surface area (TPSA) is 96.3 Å². The van der Waals surface area contributed by atoms with E-state index < -0.39 is 10.0 Å². The van der Waals surface area contributed by atoms with E-state index >= 15 is 0 Å². The molecule has 0 saturated carbocycles. The van der Waals surface area contributed by atoms with E-state index in [1.165, 1.54) is 12.1 Å². The van der Waals surface area contributed by atoms with Crippen molar-refractivity contribution in [2.75, 3.05) is 7.05 Å². The molecule has 0 fully saturated rings. The Morgan fingerprint density at radius 2 is 1.76 bits per heavy atom. The minimum absolute atomic E-state index is 0.0491. The van der Waals surface area contributed by atoms with Gasteiger partial charge in [0.25, 0.3) is 5.91 Å². The van der Waals surface area contributed by atoms with Crippen LogP contribution in [0.15, 0.2) is 59.5 Å². The second kappa shape index (κ2) is 6.34. The third kappa shape index (κ3) is 3.42. The van der Waals surface area contributed by atoms with E-state index in [9.17, 15) is 13.2 Å². The van der Waals surface area contributed by atoms with Gasteiger partial charge in [0.1, 0.15) is 5.69 Å². The van der Waals surface area contributed by atoms with Crippen molar-refractivity contribution >= 4 is 26.8 Å². The quantitative estimate of drug-likeness (QED) is 0.751. The molecule has 1 amide bonds. The van der Waals surface area contributed by atoms with Crippen LogP contribution in [0.3, 0.4) is 0 Å². The zero-order valence-corrected chi connectivity index (χ0v) is 14.7. The van der Waals surface area contributed by atoms with Gasteiger partial charge in [-0.15, -0.1) is 0 Å². The van der Waals surface area contributed by atoms with E-state index in [4.69, 9.17) is 5.14 Å². The lowest BCUT2D eigenvalue weighted by Gasteiger charge is -2.25. The first-order valence-corrected chi connectivity index (χ1v) is 9.29. The summed E-state index contributed by atoms with van der Waals surface area (Å²) < 4.78 is 22.7. The monoisotopic (exact) mass is 357 g/mol. The summed E-state index contributed by atoms with van der Waals surface area (Å²) in [5, 5.41) is 6.08. The van der Waals surface area contributed by atoms with Gasteiger partial charge in [0, 0.05) is 18.0 Å². The molecule has 0 aliphatic rings. The summed E-state index contributed by atoms with van der Waals surface area (Å²) in [5.74, 6) is -0.140. The molecule has 1 atom stereocenters. The maximum atomic E-state index is 12.7. The van der Waals surface area contributed by atoms with Crippen LogP contribution >= 0.6 is 0 Å². The van der Waals surface area contributed by atoms with E-state index in [-0.39, 0.29) is 16.8 Å². The number of H-pyrrole nitrogens is 1. The molecule has 7 heteroatoms. The largest absolute Gasteiger partial charge is 0.351 e. The number of benzene rings is 2. The van der Waals surface area contributed by atoms with Crippen LogP contribution < -0.4 is 5.14 Å². The van der Waals surface area contributed by atoms with Crippen LogP contribution in [0.2, 0.25) is 0 Å². The number of carbonyl (C=O) groups is 1. The second-order valence-corrected chi connectivity index (χ2v) is 7.54. The molecule has 0 aliphatic carbocycles. The summed E-state index contributed by atoms with van der Waals surface area (Å²) in [7, 11) is -2.01. The molecule has 0 saturated heterocycles. The van der Waals surface area contributed by atoms with Gasteiger partial charge < -0.3 is 9.88 Å². The van der Waals surface area contributed by atoms with Crippen molar-refractivity contribution in [2.45, 2.75) is 17.9 Å². The first-order chi connectivity index (χ1) is 11.8. The predicted molar refractivity (Wildman–Crippen MR) is 96.6 cm³/mol. The van der Waals surface area contributed by atoms with E-state index in [1.54, 1.807) is 24.1 Å². The third-order valence-corrected chi connectivity index (χ3v) is 5.28. The fourth-order valence-corrected chi connectivity index (χ4v) is 3.23. The Kier molecular flexibility index (Phi) is 4.36. The second-order valence-electron chi connectivity index (χ2n) is 5.98. The molecule has 3 rings (SSSR count). The van der Waals surface area contributed by atoms with Crippen molar-refractivity contribution in [1.82, 2.24) is 9.88 Å². The Balaban J connectivity index is 1.83. The number of para-hydroxylation sites is 1. The minimum atomic E-state index is -3.73. The molecule has 0 aliphatic heterocycles. The van der Waals surface area contributed by atoms with Crippen molar-refractivity contribution in [3.05, 3.63) is 65.9 Å². The number of aromatic nitrogens is 1. The first-order valence-electron chi connectivity index (χ1n) is 7.75. The average Bonchev–Trinajstić information content (AvgIpc) is 3.03. The molecular formula is C18H19N3O3S. The van der Waals surface area contributed by atoms with Crippen molar-refractivity contribution in [1.29, 1.82) is 0 Å². The van der Waals surface area contributed by atoms with Gasteiger partial charge in [-0.2, -0.15) is 0 Å². The number of sulfonamides is 1. The molecule has 1 heterocycles. The summed E-state index contributed by atoms with van der Waals surface area (Å²) in [4.78, 5) is 17.5. The Hall–Kier alpha value is -2.64. The van der Waals surface area contributed by atoms with Gasteiger partial charge in [0.2, 0.25) is 10.0 Å². The van der Waals surface area contributed by atoms with Gasteiger partial charge in [-0.1, -0.05) is 30.3 Å². The highest BCUT2D eigenvalue weighted by molar-refractivity contribution is 7.89. The van der Waals surface area contributed by atoms with E-state index in [1.807, 2.05) is 37.3 Å². The van der Waals surface area contributed by atoms with Gasteiger partial charge >= 0.3 is 0 Å². The molecule has 2 aromatic carbocycles. The van der Waals surface area contributed by atoms with Crippen LogP contribution in [0.4, 0.5) is 0 Å². The lowest BCUT2D eigenvalue weighted by atomic mass is 10.1. The van der Waals surface area contributed by atoms with Crippen LogP contribution in [-0.2, 0) is 10.0 Å². The molecule has 1 unspecified atom stereocenters. The molecular weight excluding hydrogens is 338 g/mol. The molecule has 3 N–H and O–H groups in total. The summed E-state index contributed by atoms with van der Waals surface area (Å²) >= 11 is 0. The van der Waals surface area contributed by atoms with Gasteiger partial charge in [0.05, 0.1) is 10.9 Å². The standard InChI is InChI=1S/C18H19N3O3S/c1-12(13-7-9-15(10-8-13)25(19,23)24)21(2)18(22)17-11-14-5-3-4-6-16(14)20-17/h3-12,20H,1-2H3,(H2,19,23,24). The van der Waals surface area contributed by atoms with Crippen LogP contribution in [0.1, 0.15) is 29.0 Å². The molecule has 0 radical (unpaired) electrons. The molecule has 3 aromatic rings. The van der Waals surface area contributed by atoms with E-state index in [0.29, 0.717) is 5.69 Å². The number of hydrogen-bond donors (Lipinski definition) is 2. The maximum absolute atomic E-state index is 12.7. The van der Waals surface area contributed by atoms with Crippen molar-refractivity contribution in [3.63, 3.8) is 0 Å². The zero-order valence-electron chi connectivity index (χ0n) is 13.9. The molecule has 25 heavy (non-hydrogen) atoms. The Labute approximate surface area is 146 Å². The fraction of sp³-hybridized carbons (Fsp3) is 0.167. The van der Waals surface area contributed by atoms with E-state index in [2.05, 4.69) is 4.98 Å². The lowest BCUT2D eigenvalue weighted by molar-refractivity contribution is 0.0737. The lowest BCUT2D eigenvalue weighted by Crippen LogP contribution is -2.29. The number of nitrogens with zero attached hydrogens (tertiary/aromatic N) is 1. The number of rotatable bonds is 4. The number of fused-ring (bicyclic) bond motifs is 1. The Morgan fingerprint density at radius 3 is 2.36 bits per heavy atom. The van der Waals surface area contributed by atoms with Crippen LogP contribution in [0, 0.1) is 0 Å². The fourth-order valence-electron chi connectivity index (χ4n) is 2.71. The summed E-state index contributed by atoms with van der Waals surface area (Å²) in [6, 6.07) is 15.5. The highest BCUT2D eigenvalue weighted by atomic mass is 32.2. The zero-order chi connectivity index (χ0) is 18.2. The summed E-state index contributed by atoms with van der Waals surface area (Å²) in [5.41, 5.74) is 2.24. The Morgan fingerprint density at radius 1 is 1.12 bits per heavy atom. The number of hydrogen-bond acceptors (Lipinski definition) is 3. The number of nitrogens with one attached hydrogen (secondary N) is 1. The molecule has 0 bridgehead atoms. The van der Waals surface area contributed by atoms with E-state index in [0.717, 1.165) is 16.5 Å². The van der Waals surface area contributed by atoms with Gasteiger partial charge in [-0.3, -0.25) is 4.79 Å². The number of primary sulfonamides is 1. The summed E-state index contributed by atoms with van der Waals surface area (Å²) in [6.07, 6.45) is 0. The van der Waals surface area contributed by atoms with Gasteiger partial charge in [-0.05, 0) is 36.8 Å². The van der Waals surface area contributed by atoms with Gasteiger partial charge in [-0.25, -0.2) is 13.6 Å². The van der Waals surface area contributed by atoms with Crippen LogP contribution in [0.25, 0.3) is 10.9 Å². The van der Waals surface area contributed by atoms with Crippen molar-refractivity contribution in [3.8, 4) is 0 Å². The maximum Gasteiger partial charge on any atom is 0.270 e. The average molecular weight is 357 g/mol. The predicted octanol–water partition coefficient (Wildman–Crippen LogP) is 2.65. The third-order valence-electron chi connectivity index (χ3n) is 4.35. The highest BCUT2D eigenvalue weighted by Gasteiger charge is 2.21. The molecule has 1 aromatic heterocycles. The molecule has 0 spiro atoms. The van der Waals surface area contributed by atoms with Crippen LogP contribution in [0.5, 0.6) is 0 Å². The van der Waals surface area contributed by atoms with Crippen molar-refractivity contribution in [2.24, 2.45) is 5.14 Å². The van der Waals surface area contributed by atoms with Gasteiger partial charge in [0.15, 0.2) is 0 Å².